The van der Waals surface area contributed by atoms with E-state index in [-0.39, 0.29) is 0 Å². The topological polar surface area (TPSA) is 61.8 Å². The van der Waals surface area contributed by atoms with Gasteiger partial charge in [-0.1, -0.05) is 13.2 Å². The molecule has 0 heterocycles. The maximum absolute atomic E-state index is 11.3. The van der Waals surface area contributed by atoms with Crippen molar-refractivity contribution >= 4 is 11.9 Å². The second kappa shape index (κ2) is 7.97. The van der Waals surface area contributed by atoms with Crippen LogP contribution in [-0.4, -0.2) is 11.9 Å². The molecule has 0 aromatic heterocycles. The van der Waals surface area contributed by atoms with Gasteiger partial charge in [0, 0.05) is 12.2 Å². The molecule has 0 aliphatic carbocycles. The van der Waals surface area contributed by atoms with Gasteiger partial charge in [-0.05, 0) is 61.4 Å². The van der Waals surface area contributed by atoms with Crippen LogP contribution in [-0.2, 0) is 9.59 Å². The van der Waals surface area contributed by atoms with Crippen LogP contribution in [0.4, 0.5) is 0 Å². The van der Waals surface area contributed by atoms with Crippen LogP contribution in [0.15, 0.2) is 61.7 Å². The van der Waals surface area contributed by atoms with Gasteiger partial charge < -0.3 is 14.2 Å². The molecule has 2 aromatic carbocycles. The minimum Gasteiger partial charge on any atom is -0.457 e. The molecule has 0 bridgehead atoms. The second-order valence-electron chi connectivity index (χ2n) is 5.21. The first-order chi connectivity index (χ1) is 11.9. The Balaban J connectivity index is 2.14. The van der Waals surface area contributed by atoms with E-state index in [1.807, 2.05) is 13.8 Å². The monoisotopic (exact) mass is 338 g/mol. The van der Waals surface area contributed by atoms with Crippen molar-refractivity contribution in [3.63, 3.8) is 0 Å². The van der Waals surface area contributed by atoms with Crippen LogP contribution in [0.3, 0.4) is 0 Å². The third kappa shape index (κ3) is 4.81. The summed E-state index contributed by atoms with van der Waals surface area (Å²) >= 11 is 0. The van der Waals surface area contributed by atoms with E-state index in [1.165, 1.54) is 0 Å². The van der Waals surface area contributed by atoms with Crippen LogP contribution in [0.5, 0.6) is 23.0 Å². The third-order valence-electron chi connectivity index (χ3n) is 3.28. The average molecular weight is 338 g/mol. The summed E-state index contributed by atoms with van der Waals surface area (Å²) in [4.78, 5) is 22.5. The Morgan fingerprint density at radius 2 is 1.20 bits per heavy atom. The molecule has 0 unspecified atom stereocenters. The summed E-state index contributed by atoms with van der Waals surface area (Å²) < 4.78 is 16.0. The Bertz CT molecular complexity index is 766. The molecule has 25 heavy (non-hydrogen) atoms. The Kier molecular flexibility index (Phi) is 5.74. The number of hydrogen-bond acceptors (Lipinski definition) is 5. The molecule has 0 spiro atoms. The normalized spacial score (nSPS) is 9.84. The first kappa shape index (κ1) is 18.0. The van der Waals surface area contributed by atoms with Crippen LogP contribution in [0.25, 0.3) is 0 Å². The minimum absolute atomic E-state index is 0.445. The fourth-order valence-corrected chi connectivity index (χ4v) is 2.04. The Labute approximate surface area is 146 Å². The number of esters is 2. The Morgan fingerprint density at radius 3 is 1.52 bits per heavy atom. The maximum Gasteiger partial charge on any atom is 0.335 e. The molecular formula is C20H18O5. The number of carbonyl (C=O) groups excluding carboxylic acids is 2. The van der Waals surface area contributed by atoms with Crippen molar-refractivity contribution in [1.82, 2.24) is 0 Å². The van der Waals surface area contributed by atoms with E-state index >= 15 is 0 Å². The van der Waals surface area contributed by atoms with E-state index in [1.54, 1.807) is 36.4 Å². The van der Waals surface area contributed by atoms with Crippen LogP contribution >= 0.6 is 0 Å². The number of rotatable bonds is 6. The predicted octanol–water partition coefficient (Wildman–Crippen LogP) is 4.28. The zero-order chi connectivity index (χ0) is 18.4. The first-order valence-corrected chi connectivity index (χ1v) is 7.50. The lowest BCUT2D eigenvalue weighted by Gasteiger charge is -2.11. The summed E-state index contributed by atoms with van der Waals surface area (Å²) in [6, 6.07) is 10.2. The summed E-state index contributed by atoms with van der Waals surface area (Å²) in [5, 5.41) is 0. The molecule has 0 saturated carbocycles. The van der Waals surface area contributed by atoms with Crippen molar-refractivity contribution in [2.75, 3.05) is 0 Å². The standard InChI is InChI=1S/C20H18O5/c1-5-19(21)24-17-9-7-15(11-13(17)3)23-16-8-10-18(14(4)12-16)25-20(22)6-2/h5-12H,1-2H2,3-4H3. The van der Waals surface area contributed by atoms with Crippen molar-refractivity contribution in [2.45, 2.75) is 13.8 Å². The van der Waals surface area contributed by atoms with Crippen molar-refractivity contribution in [3.8, 4) is 23.0 Å². The molecule has 128 valence electrons. The summed E-state index contributed by atoms with van der Waals surface area (Å²) in [6.45, 7) is 10.3. The van der Waals surface area contributed by atoms with E-state index in [0.717, 1.165) is 23.3 Å². The predicted molar refractivity (Wildman–Crippen MR) is 94.1 cm³/mol. The molecule has 2 rings (SSSR count). The molecule has 0 saturated heterocycles. The SMILES string of the molecule is C=CC(=O)Oc1ccc(Oc2ccc(OC(=O)C=C)c(C)c2)cc1C. The lowest BCUT2D eigenvalue weighted by Crippen LogP contribution is -2.04. The number of benzene rings is 2. The number of ether oxygens (including phenoxy) is 3. The molecule has 0 radical (unpaired) electrons. The molecule has 5 heteroatoms. The van der Waals surface area contributed by atoms with Gasteiger partial charge >= 0.3 is 11.9 Å². The van der Waals surface area contributed by atoms with E-state index in [4.69, 9.17) is 14.2 Å². The Hall–Kier alpha value is -3.34. The zero-order valence-electron chi connectivity index (χ0n) is 14.1. The highest BCUT2D eigenvalue weighted by Gasteiger charge is 2.08. The minimum atomic E-state index is -0.517. The van der Waals surface area contributed by atoms with Crippen molar-refractivity contribution in [3.05, 3.63) is 72.8 Å². The lowest BCUT2D eigenvalue weighted by molar-refractivity contribution is -0.129. The molecule has 0 fully saturated rings. The molecule has 0 aliphatic rings. The highest BCUT2D eigenvalue weighted by molar-refractivity contribution is 5.84. The molecule has 0 N–H and O–H groups in total. The Morgan fingerprint density at radius 1 is 0.800 bits per heavy atom. The van der Waals surface area contributed by atoms with Gasteiger partial charge in [0.05, 0.1) is 0 Å². The van der Waals surface area contributed by atoms with Gasteiger partial charge in [0.25, 0.3) is 0 Å². The second-order valence-corrected chi connectivity index (χ2v) is 5.21. The molecule has 2 aromatic rings. The third-order valence-corrected chi connectivity index (χ3v) is 3.28. The average Bonchev–Trinajstić information content (AvgIpc) is 2.59. The summed E-state index contributed by atoms with van der Waals surface area (Å²) in [5.74, 6) is 1.03. The number of aryl methyl sites for hydroxylation is 2. The van der Waals surface area contributed by atoms with Crippen LogP contribution < -0.4 is 14.2 Å². The van der Waals surface area contributed by atoms with Gasteiger partial charge in [0.15, 0.2) is 0 Å². The fraction of sp³-hybridized carbons (Fsp3) is 0.100. The van der Waals surface area contributed by atoms with Gasteiger partial charge in [-0.25, -0.2) is 9.59 Å². The summed E-state index contributed by atoms with van der Waals surface area (Å²) in [6.07, 6.45) is 2.21. The van der Waals surface area contributed by atoms with Crippen molar-refractivity contribution < 1.29 is 23.8 Å². The first-order valence-electron chi connectivity index (χ1n) is 7.50. The van der Waals surface area contributed by atoms with E-state index in [9.17, 15) is 9.59 Å². The summed E-state index contributed by atoms with van der Waals surface area (Å²) in [5.41, 5.74) is 1.50. The quantitative estimate of drug-likeness (QED) is 0.447. The largest absolute Gasteiger partial charge is 0.457 e. The molecule has 0 amide bonds. The lowest BCUT2D eigenvalue weighted by atomic mass is 10.2. The van der Waals surface area contributed by atoms with E-state index < -0.39 is 11.9 Å². The van der Waals surface area contributed by atoms with E-state index in [0.29, 0.717) is 23.0 Å². The van der Waals surface area contributed by atoms with Gasteiger partial charge in [-0.15, -0.1) is 0 Å². The smallest absolute Gasteiger partial charge is 0.335 e. The molecule has 0 atom stereocenters. The van der Waals surface area contributed by atoms with E-state index in [2.05, 4.69) is 13.2 Å². The van der Waals surface area contributed by atoms with Gasteiger partial charge in [0.2, 0.25) is 0 Å². The maximum atomic E-state index is 11.3. The number of hydrogen-bond donors (Lipinski definition) is 0. The molecule has 0 aliphatic heterocycles. The van der Waals surface area contributed by atoms with Gasteiger partial charge in [-0.3, -0.25) is 0 Å². The van der Waals surface area contributed by atoms with Crippen LogP contribution in [0, 0.1) is 13.8 Å². The number of carbonyl (C=O) groups is 2. The van der Waals surface area contributed by atoms with Crippen molar-refractivity contribution in [1.29, 1.82) is 0 Å². The van der Waals surface area contributed by atoms with Gasteiger partial charge in [-0.2, -0.15) is 0 Å². The van der Waals surface area contributed by atoms with Gasteiger partial charge in [0.1, 0.15) is 23.0 Å². The van der Waals surface area contributed by atoms with Crippen LogP contribution in [0.1, 0.15) is 11.1 Å². The zero-order valence-corrected chi connectivity index (χ0v) is 14.1. The molecular weight excluding hydrogens is 320 g/mol. The molecule has 5 nitrogen and oxygen atoms in total. The summed E-state index contributed by atoms with van der Waals surface area (Å²) in [7, 11) is 0. The van der Waals surface area contributed by atoms with Crippen molar-refractivity contribution in [2.24, 2.45) is 0 Å². The highest BCUT2D eigenvalue weighted by atomic mass is 16.5. The fourth-order valence-electron chi connectivity index (χ4n) is 2.04. The highest BCUT2D eigenvalue weighted by Crippen LogP contribution is 2.30. The van der Waals surface area contributed by atoms with Crippen LogP contribution in [0.2, 0.25) is 0 Å².